The fourth-order valence-electron chi connectivity index (χ4n) is 1.80. The molecule has 0 saturated carbocycles. The largest absolute Gasteiger partial charge is 0.332 e. The molecule has 0 fully saturated rings. The van der Waals surface area contributed by atoms with Crippen molar-refractivity contribution in [2.45, 2.75) is 20.4 Å². The molecule has 2 aromatic heterocycles. The first-order chi connectivity index (χ1) is 9.60. The predicted octanol–water partition coefficient (Wildman–Crippen LogP) is 2.50. The van der Waals surface area contributed by atoms with Gasteiger partial charge in [0.2, 0.25) is 0 Å². The topological polar surface area (TPSA) is 59.0 Å². The van der Waals surface area contributed by atoms with Crippen molar-refractivity contribution in [3.05, 3.63) is 52.8 Å². The second kappa shape index (κ2) is 6.43. The van der Waals surface area contributed by atoms with Gasteiger partial charge in [-0.15, -0.1) is 0 Å². The molecule has 0 N–H and O–H groups in total. The zero-order valence-corrected chi connectivity index (χ0v) is 12.1. The van der Waals surface area contributed by atoms with Crippen LogP contribution in [0.25, 0.3) is 0 Å². The van der Waals surface area contributed by atoms with Gasteiger partial charge in [-0.3, -0.25) is 9.78 Å². The minimum Gasteiger partial charge on any atom is -0.332 e. The van der Waals surface area contributed by atoms with Crippen LogP contribution < -0.4 is 0 Å². The molecule has 20 heavy (non-hydrogen) atoms. The van der Waals surface area contributed by atoms with Crippen LogP contribution in [0.3, 0.4) is 0 Å². The lowest BCUT2D eigenvalue weighted by Gasteiger charge is -2.20. The Bertz CT molecular complexity index is 600. The highest BCUT2D eigenvalue weighted by Crippen LogP contribution is 2.08. The minimum atomic E-state index is -0.181. The molecule has 0 aliphatic carbocycles. The molecule has 104 valence electrons. The lowest BCUT2D eigenvalue weighted by atomic mass is 10.2. The van der Waals surface area contributed by atoms with Crippen LogP contribution in [0, 0.1) is 6.92 Å². The van der Waals surface area contributed by atoms with Crippen LogP contribution in [0.5, 0.6) is 0 Å². The number of carbonyl (C=O) groups is 1. The molecule has 0 aromatic carbocycles. The molecule has 0 radical (unpaired) electrons. The first-order valence-electron chi connectivity index (χ1n) is 6.29. The van der Waals surface area contributed by atoms with E-state index in [0.29, 0.717) is 13.1 Å². The second-order valence-electron chi connectivity index (χ2n) is 4.31. The monoisotopic (exact) mass is 290 g/mol. The Morgan fingerprint density at radius 1 is 1.30 bits per heavy atom. The Kier molecular flexibility index (Phi) is 4.63. The highest BCUT2D eigenvalue weighted by molar-refractivity contribution is 6.29. The summed E-state index contributed by atoms with van der Waals surface area (Å²) in [6.45, 7) is 4.85. The zero-order chi connectivity index (χ0) is 14.5. The van der Waals surface area contributed by atoms with Crippen molar-refractivity contribution in [1.29, 1.82) is 0 Å². The van der Waals surface area contributed by atoms with Crippen LogP contribution in [0.1, 0.15) is 28.8 Å². The Hall–Kier alpha value is -2.01. The predicted molar refractivity (Wildman–Crippen MR) is 76.4 cm³/mol. The maximum absolute atomic E-state index is 12.3. The lowest BCUT2D eigenvalue weighted by Crippen LogP contribution is -2.31. The van der Waals surface area contributed by atoms with Crippen molar-refractivity contribution in [1.82, 2.24) is 19.9 Å². The van der Waals surface area contributed by atoms with E-state index in [4.69, 9.17) is 11.6 Å². The zero-order valence-electron chi connectivity index (χ0n) is 11.4. The van der Waals surface area contributed by atoms with Gasteiger partial charge in [-0.2, -0.15) is 0 Å². The fraction of sp³-hybridized carbons (Fsp3) is 0.286. The number of aryl methyl sites for hydroxylation is 1. The van der Waals surface area contributed by atoms with E-state index < -0.39 is 0 Å². The van der Waals surface area contributed by atoms with Crippen molar-refractivity contribution in [2.75, 3.05) is 6.54 Å². The molecule has 2 heterocycles. The summed E-state index contributed by atoms with van der Waals surface area (Å²) in [5.41, 5.74) is 2.06. The van der Waals surface area contributed by atoms with Gasteiger partial charge in [0.25, 0.3) is 5.91 Å². The maximum Gasteiger partial charge on any atom is 0.274 e. The third kappa shape index (κ3) is 3.51. The number of aromatic nitrogens is 3. The quantitative estimate of drug-likeness (QED) is 0.868. The molecule has 2 rings (SSSR count). The first-order valence-corrected chi connectivity index (χ1v) is 6.67. The van der Waals surface area contributed by atoms with E-state index in [1.807, 2.05) is 32.0 Å². The lowest BCUT2D eigenvalue weighted by molar-refractivity contribution is 0.0744. The molecule has 0 aliphatic rings. The molecular weight excluding hydrogens is 276 g/mol. The third-order valence-corrected chi connectivity index (χ3v) is 3.00. The third-order valence-electron chi connectivity index (χ3n) is 2.81. The second-order valence-corrected chi connectivity index (χ2v) is 4.70. The SMILES string of the molecule is CCN(Cc1cccc(C)n1)C(=O)c1cnc(Cl)cn1. The van der Waals surface area contributed by atoms with Gasteiger partial charge in [0.05, 0.1) is 24.6 Å². The van der Waals surface area contributed by atoms with Crippen molar-refractivity contribution in [2.24, 2.45) is 0 Å². The molecule has 0 saturated heterocycles. The molecule has 5 nitrogen and oxygen atoms in total. The van der Waals surface area contributed by atoms with E-state index in [9.17, 15) is 4.79 Å². The average Bonchev–Trinajstić information content (AvgIpc) is 2.45. The van der Waals surface area contributed by atoms with Gasteiger partial charge in [0.1, 0.15) is 10.8 Å². The summed E-state index contributed by atoms with van der Waals surface area (Å²) in [5.74, 6) is -0.181. The number of carbonyl (C=O) groups excluding carboxylic acids is 1. The Labute approximate surface area is 122 Å². The molecule has 0 bridgehead atoms. The Balaban J connectivity index is 2.15. The maximum atomic E-state index is 12.3. The standard InChI is InChI=1S/C14H15ClN4O/c1-3-19(9-11-6-4-5-10(2)18-11)14(20)12-7-17-13(15)8-16-12/h4-8H,3,9H2,1-2H3. The van der Waals surface area contributed by atoms with Crippen LogP contribution >= 0.6 is 11.6 Å². The molecule has 0 aliphatic heterocycles. The number of nitrogens with zero attached hydrogens (tertiary/aromatic N) is 4. The summed E-state index contributed by atoms with van der Waals surface area (Å²) >= 11 is 5.67. The molecule has 2 aromatic rings. The summed E-state index contributed by atoms with van der Waals surface area (Å²) in [7, 11) is 0. The van der Waals surface area contributed by atoms with Crippen LogP contribution in [-0.4, -0.2) is 32.3 Å². The van der Waals surface area contributed by atoms with E-state index in [-0.39, 0.29) is 16.8 Å². The Morgan fingerprint density at radius 3 is 2.70 bits per heavy atom. The van der Waals surface area contributed by atoms with Crippen LogP contribution in [0.4, 0.5) is 0 Å². The van der Waals surface area contributed by atoms with E-state index in [0.717, 1.165) is 11.4 Å². The molecule has 1 amide bonds. The number of pyridine rings is 1. The number of amides is 1. The Morgan fingerprint density at radius 2 is 2.10 bits per heavy atom. The summed E-state index contributed by atoms with van der Waals surface area (Å²) in [6, 6.07) is 5.75. The summed E-state index contributed by atoms with van der Waals surface area (Å²) in [5, 5.41) is 0.268. The number of rotatable bonds is 4. The van der Waals surface area contributed by atoms with Crippen molar-refractivity contribution in [3.8, 4) is 0 Å². The van der Waals surface area contributed by atoms with Gasteiger partial charge in [-0.25, -0.2) is 9.97 Å². The van der Waals surface area contributed by atoms with Crippen molar-refractivity contribution < 1.29 is 4.79 Å². The van der Waals surface area contributed by atoms with Crippen LogP contribution in [0.15, 0.2) is 30.6 Å². The van der Waals surface area contributed by atoms with Gasteiger partial charge in [0.15, 0.2) is 0 Å². The fourth-order valence-corrected chi connectivity index (χ4v) is 1.89. The summed E-state index contributed by atoms with van der Waals surface area (Å²) in [6.07, 6.45) is 2.75. The number of hydrogen-bond donors (Lipinski definition) is 0. The van der Waals surface area contributed by atoms with E-state index in [1.54, 1.807) is 4.90 Å². The van der Waals surface area contributed by atoms with Gasteiger partial charge in [-0.05, 0) is 26.0 Å². The van der Waals surface area contributed by atoms with E-state index in [1.165, 1.54) is 12.4 Å². The molecular formula is C14H15ClN4O. The normalized spacial score (nSPS) is 10.3. The number of halogens is 1. The molecule has 0 atom stereocenters. The van der Waals surface area contributed by atoms with Crippen LogP contribution in [-0.2, 0) is 6.54 Å². The van der Waals surface area contributed by atoms with Crippen molar-refractivity contribution >= 4 is 17.5 Å². The number of hydrogen-bond acceptors (Lipinski definition) is 4. The minimum absolute atomic E-state index is 0.181. The van der Waals surface area contributed by atoms with E-state index >= 15 is 0 Å². The molecule has 0 unspecified atom stereocenters. The average molecular weight is 291 g/mol. The smallest absolute Gasteiger partial charge is 0.274 e. The van der Waals surface area contributed by atoms with Gasteiger partial charge < -0.3 is 4.90 Å². The van der Waals surface area contributed by atoms with Gasteiger partial charge >= 0.3 is 0 Å². The summed E-state index contributed by atoms with van der Waals surface area (Å²) < 4.78 is 0. The van der Waals surface area contributed by atoms with Crippen molar-refractivity contribution in [3.63, 3.8) is 0 Å². The van der Waals surface area contributed by atoms with Gasteiger partial charge in [-0.1, -0.05) is 17.7 Å². The highest BCUT2D eigenvalue weighted by Gasteiger charge is 2.16. The molecule has 0 spiro atoms. The summed E-state index contributed by atoms with van der Waals surface area (Å²) in [4.78, 5) is 26.3. The van der Waals surface area contributed by atoms with Gasteiger partial charge in [0, 0.05) is 12.2 Å². The highest BCUT2D eigenvalue weighted by atomic mass is 35.5. The van der Waals surface area contributed by atoms with E-state index in [2.05, 4.69) is 15.0 Å². The van der Waals surface area contributed by atoms with Crippen LogP contribution in [0.2, 0.25) is 5.15 Å². The first kappa shape index (κ1) is 14.4. The molecule has 6 heteroatoms.